The molecule has 0 atom stereocenters. The van der Waals surface area contributed by atoms with Gasteiger partial charge in [0.1, 0.15) is 0 Å². The number of hydrogen-bond acceptors (Lipinski definition) is 4. The Bertz CT molecular complexity index is 845. The van der Waals surface area contributed by atoms with Gasteiger partial charge in [-0.2, -0.15) is 5.26 Å². The monoisotopic (exact) mass is 338 g/mol. The largest absolute Gasteiger partial charge is 0.396 e. The summed E-state index contributed by atoms with van der Waals surface area (Å²) in [6.07, 6.45) is 1.64. The van der Waals surface area contributed by atoms with Gasteiger partial charge in [-0.25, -0.2) is 0 Å². The van der Waals surface area contributed by atoms with Gasteiger partial charge in [-0.1, -0.05) is 15.9 Å². The highest BCUT2D eigenvalue weighted by Gasteiger charge is 2.08. The van der Waals surface area contributed by atoms with Crippen molar-refractivity contribution in [3.8, 4) is 6.07 Å². The SMILES string of the molecule is N#Cc1ccc(Nc2c(N)cnc3ccc(Br)cc23)cc1. The van der Waals surface area contributed by atoms with Gasteiger partial charge in [0.15, 0.2) is 0 Å². The molecule has 0 unspecified atom stereocenters. The van der Waals surface area contributed by atoms with Crippen molar-refractivity contribution in [1.82, 2.24) is 4.98 Å². The molecule has 21 heavy (non-hydrogen) atoms. The van der Waals surface area contributed by atoms with E-state index in [9.17, 15) is 0 Å². The molecule has 0 aliphatic carbocycles. The minimum absolute atomic E-state index is 0.574. The number of nitrogen functional groups attached to an aromatic ring is 1. The summed E-state index contributed by atoms with van der Waals surface area (Å²) < 4.78 is 0.963. The fourth-order valence-electron chi connectivity index (χ4n) is 2.09. The van der Waals surface area contributed by atoms with Crippen molar-refractivity contribution in [1.29, 1.82) is 5.26 Å². The van der Waals surface area contributed by atoms with Crippen molar-refractivity contribution in [2.75, 3.05) is 11.1 Å². The third kappa shape index (κ3) is 2.67. The average Bonchev–Trinajstić information content (AvgIpc) is 2.51. The van der Waals surface area contributed by atoms with Gasteiger partial charge in [0.05, 0.1) is 34.7 Å². The maximum absolute atomic E-state index is 8.83. The number of nitrogens with zero attached hydrogens (tertiary/aromatic N) is 2. The van der Waals surface area contributed by atoms with Gasteiger partial charge in [-0.05, 0) is 42.5 Å². The molecule has 1 aromatic heterocycles. The maximum atomic E-state index is 8.83. The van der Waals surface area contributed by atoms with Crippen LogP contribution in [-0.2, 0) is 0 Å². The van der Waals surface area contributed by atoms with Crippen LogP contribution in [0, 0.1) is 11.3 Å². The van der Waals surface area contributed by atoms with E-state index in [0.29, 0.717) is 11.3 Å². The lowest BCUT2D eigenvalue weighted by atomic mass is 10.1. The van der Waals surface area contributed by atoms with Gasteiger partial charge in [0.2, 0.25) is 0 Å². The highest BCUT2D eigenvalue weighted by molar-refractivity contribution is 9.10. The van der Waals surface area contributed by atoms with Gasteiger partial charge in [0, 0.05) is 15.5 Å². The van der Waals surface area contributed by atoms with Crippen LogP contribution in [0.3, 0.4) is 0 Å². The van der Waals surface area contributed by atoms with Crippen LogP contribution >= 0.6 is 15.9 Å². The molecule has 0 fully saturated rings. The van der Waals surface area contributed by atoms with Crippen LogP contribution < -0.4 is 11.1 Å². The zero-order valence-electron chi connectivity index (χ0n) is 11.0. The second kappa shape index (κ2) is 5.43. The highest BCUT2D eigenvalue weighted by Crippen LogP contribution is 2.32. The Balaban J connectivity index is 2.08. The lowest BCUT2D eigenvalue weighted by Gasteiger charge is -2.12. The molecule has 0 saturated heterocycles. The maximum Gasteiger partial charge on any atom is 0.0991 e. The molecule has 4 nitrogen and oxygen atoms in total. The van der Waals surface area contributed by atoms with Crippen molar-refractivity contribution in [2.45, 2.75) is 0 Å². The second-order valence-corrected chi connectivity index (χ2v) is 5.48. The molecule has 3 rings (SSSR count). The average molecular weight is 339 g/mol. The van der Waals surface area contributed by atoms with Gasteiger partial charge in [-0.15, -0.1) is 0 Å². The zero-order chi connectivity index (χ0) is 14.8. The summed E-state index contributed by atoms with van der Waals surface area (Å²) in [5.74, 6) is 0. The number of halogens is 1. The summed E-state index contributed by atoms with van der Waals surface area (Å²) >= 11 is 3.46. The van der Waals surface area contributed by atoms with Crippen LogP contribution in [0.1, 0.15) is 5.56 Å². The Morgan fingerprint density at radius 1 is 1.14 bits per heavy atom. The molecule has 0 radical (unpaired) electrons. The predicted molar refractivity (Wildman–Crippen MR) is 88.3 cm³/mol. The molecule has 0 aliphatic rings. The molecular weight excluding hydrogens is 328 g/mol. The number of rotatable bonds is 2. The molecular formula is C16H11BrN4. The summed E-state index contributed by atoms with van der Waals surface area (Å²) in [6.45, 7) is 0. The Morgan fingerprint density at radius 3 is 2.62 bits per heavy atom. The van der Waals surface area contributed by atoms with Crippen molar-refractivity contribution < 1.29 is 0 Å². The van der Waals surface area contributed by atoms with Crippen LogP contribution in [0.4, 0.5) is 17.1 Å². The molecule has 3 aromatic rings. The fourth-order valence-corrected chi connectivity index (χ4v) is 2.45. The summed E-state index contributed by atoms with van der Waals surface area (Å²) in [7, 11) is 0. The third-order valence-electron chi connectivity index (χ3n) is 3.14. The first-order valence-electron chi connectivity index (χ1n) is 6.28. The summed E-state index contributed by atoms with van der Waals surface area (Å²) in [6, 6.07) is 15.2. The van der Waals surface area contributed by atoms with Crippen LogP contribution in [-0.4, -0.2) is 4.98 Å². The number of benzene rings is 2. The number of nitrogens with one attached hydrogen (secondary N) is 1. The number of nitrogens with two attached hydrogens (primary N) is 1. The van der Waals surface area contributed by atoms with Gasteiger partial charge in [0.25, 0.3) is 0 Å². The van der Waals surface area contributed by atoms with Crippen molar-refractivity contribution >= 4 is 43.9 Å². The number of nitriles is 1. The van der Waals surface area contributed by atoms with Gasteiger partial charge < -0.3 is 11.1 Å². The fraction of sp³-hybridized carbons (Fsp3) is 0. The molecule has 2 aromatic carbocycles. The van der Waals surface area contributed by atoms with E-state index >= 15 is 0 Å². The predicted octanol–water partition coefficient (Wildman–Crippen LogP) is 4.19. The van der Waals surface area contributed by atoms with Gasteiger partial charge >= 0.3 is 0 Å². The quantitative estimate of drug-likeness (QED) is 0.734. The summed E-state index contributed by atoms with van der Waals surface area (Å²) in [4.78, 5) is 4.32. The van der Waals surface area contributed by atoms with E-state index < -0.39 is 0 Å². The van der Waals surface area contributed by atoms with Crippen molar-refractivity contribution in [3.05, 3.63) is 58.7 Å². The number of pyridine rings is 1. The first-order chi connectivity index (χ1) is 10.2. The van der Waals surface area contributed by atoms with Crippen LogP contribution in [0.5, 0.6) is 0 Å². The molecule has 3 N–H and O–H groups in total. The lowest BCUT2D eigenvalue weighted by Crippen LogP contribution is -1.99. The van der Waals surface area contributed by atoms with Gasteiger partial charge in [-0.3, -0.25) is 4.98 Å². The molecule has 0 saturated carbocycles. The number of aromatic nitrogens is 1. The Kier molecular flexibility index (Phi) is 3.46. The minimum Gasteiger partial charge on any atom is -0.396 e. The Hall–Kier alpha value is -2.58. The topological polar surface area (TPSA) is 74.7 Å². The van der Waals surface area contributed by atoms with Crippen LogP contribution in [0.15, 0.2) is 53.1 Å². The van der Waals surface area contributed by atoms with E-state index in [-0.39, 0.29) is 0 Å². The number of fused-ring (bicyclic) bond motifs is 1. The molecule has 0 spiro atoms. The number of hydrogen-bond donors (Lipinski definition) is 2. The third-order valence-corrected chi connectivity index (χ3v) is 3.64. The van der Waals surface area contributed by atoms with E-state index in [2.05, 4.69) is 32.3 Å². The summed E-state index contributed by atoms with van der Waals surface area (Å²) in [5, 5.41) is 13.1. The molecule has 0 aliphatic heterocycles. The molecule has 1 heterocycles. The second-order valence-electron chi connectivity index (χ2n) is 4.56. The van der Waals surface area contributed by atoms with E-state index in [4.69, 9.17) is 11.0 Å². The zero-order valence-corrected chi connectivity index (χ0v) is 12.6. The first-order valence-corrected chi connectivity index (χ1v) is 7.07. The minimum atomic E-state index is 0.574. The molecule has 0 bridgehead atoms. The normalized spacial score (nSPS) is 10.3. The smallest absolute Gasteiger partial charge is 0.0991 e. The molecule has 102 valence electrons. The van der Waals surface area contributed by atoms with Crippen LogP contribution in [0.25, 0.3) is 10.9 Å². The van der Waals surface area contributed by atoms with Crippen molar-refractivity contribution in [3.63, 3.8) is 0 Å². The van der Waals surface area contributed by atoms with E-state index in [0.717, 1.165) is 26.8 Å². The lowest BCUT2D eigenvalue weighted by molar-refractivity contribution is 1.40. The van der Waals surface area contributed by atoms with E-state index in [1.807, 2.05) is 30.3 Å². The molecule has 0 amide bonds. The number of anilines is 3. The van der Waals surface area contributed by atoms with E-state index in [1.54, 1.807) is 18.3 Å². The standard InChI is InChI=1S/C16H11BrN4/c17-11-3-6-15-13(7-11)16(14(19)9-20-15)21-12-4-1-10(8-18)2-5-12/h1-7,9H,19H2,(H,20,21). The molecule has 5 heteroatoms. The Labute approximate surface area is 130 Å². The van der Waals surface area contributed by atoms with Crippen LogP contribution in [0.2, 0.25) is 0 Å². The Morgan fingerprint density at radius 2 is 1.90 bits per heavy atom. The highest BCUT2D eigenvalue weighted by atomic mass is 79.9. The first kappa shape index (κ1) is 13.4. The van der Waals surface area contributed by atoms with Crippen molar-refractivity contribution in [2.24, 2.45) is 0 Å². The van der Waals surface area contributed by atoms with E-state index in [1.165, 1.54) is 0 Å². The summed E-state index contributed by atoms with van der Waals surface area (Å²) in [5.41, 5.74) is 9.79.